The number of benzene rings is 3. The molecular formula is C33H42ClN3O4S. The summed E-state index contributed by atoms with van der Waals surface area (Å²) in [5.74, 6) is -0.458. The maximum absolute atomic E-state index is 14.0. The van der Waals surface area contributed by atoms with Gasteiger partial charge in [0.25, 0.3) is 0 Å². The zero-order valence-corrected chi connectivity index (χ0v) is 26.9. The van der Waals surface area contributed by atoms with Crippen LogP contribution in [0.4, 0.5) is 5.69 Å². The van der Waals surface area contributed by atoms with Crippen molar-refractivity contribution in [3.63, 3.8) is 0 Å². The Balaban J connectivity index is 1.93. The number of nitrogens with one attached hydrogen (secondary N) is 1. The lowest BCUT2D eigenvalue weighted by Gasteiger charge is -2.34. The lowest BCUT2D eigenvalue weighted by atomic mass is 9.99. The monoisotopic (exact) mass is 611 g/mol. The Morgan fingerprint density at radius 2 is 1.57 bits per heavy atom. The number of rotatable bonds is 12. The van der Waals surface area contributed by atoms with Crippen LogP contribution < -0.4 is 9.62 Å². The molecule has 0 heterocycles. The van der Waals surface area contributed by atoms with Crippen molar-refractivity contribution in [2.45, 2.75) is 72.0 Å². The summed E-state index contributed by atoms with van der Waals surface area (Å²) in [6.45, 7) is 9.84. The SMILES string of the molecule is Cc1ccccc1CN(C(=O)CCCN(c1cccc(Cl)c1C)S(C)(=O)=O)C(Cc1ccccc1)C(=O)NC(C)(C)C. The van der Waals surface area contributed by atoms with E-state index in [9.17, 15) is 18.0 Å². The maximum atomic E-state index is 14.0. The number of sulfonamides is 1. The summed E-state index contributed by atoms with van der Waals surface area (Å²) in [5, 5.41) is 3.54. The Morgan fingerprint density at radius 1 is 0.929 bits per heavy atom. The molecule has 0 saturated carbocycles. The molecule has 0 radical (unpaired) electrons. The summed E-state index contributed by atoms with van der Waals surface area (Å²) in [6, 6.07) is 21.8. The van der Waals surface area contributed by atoms with Crippen LogP contribution in [0.5, 0.6) is 0 Å². The predicted octanol–water partition coefficient (Wildman–Crippen LogP) is 6.06. The molecule has 0 saturated heterocycles. The van der Waals surface area contributed by atoms with Gasteiger partial charge in [-0.05, 0) is 75.4 Å². The number of amides is 2. The summed E-state index contributed by atoms with van der Waals surface area (Å²) in [7, 11) is -3.63. The average molecular weight is 612 g/mol. The van der Waals surface area contributed by atoms with Crippen molar-refractivity contribution >= 4 is 39.1 Å². The van der Waals surface area contributed by atoms with Gasteiger partial charge in [0.2, 0.25) is 21.8 Å². The highest BCUT2D eigenvalue weighted by Gasteiger charge is 2.32. The highest BCUT2D eigenvalue weighted by Crippen LogP contribution is 2.29. The number of aryl methyl sites for hydroxylation is 1. The quantitative estimate of drug-likeness (QED) is 0.270. The van der Waals surface area contributed by atoms with Crippen LogP contribution >= 0.6 is 11.6 Å². The molecule has 2 amide bonds. The van der Waals surface area contributed by atoms with Gasteiger partial charge in [0, 0.05) is 36.5 Å². The van der Waals surface area contributed by atoms with Gasteiger partial charge in [0.1, 0.15) is 6.04 Å². The molecule has 0 aliphatic rings. The van der Waals surface area contributed by atoms with Crippen molar-refractivity contribution in [3.05, 3.63) is 100 Å². The second kappa shape index (κ2) is 14.2. The zero-order valence-electron chi connectivity index (χ0n) is 25.4. The molecule has 3 aromatic carbocycles. The van der Waals surface area contributed by atoms with Gasteiger partial charge < -0.3 is 10.2 Å². The molecule has 1 atom stereocenters. The van der Waals surface area contributed by atoms with Gasteiger partial charge in [-0.15, -0.1) is 0 Å². The number of carbonyl (C=O) groups excluding carboxylic acids is 2. The smallest absolute Gasteiger partial charge is 0.243 e. The van der Waals surface area contributed by atoms with Crippen LogP contribution in [0.3, 0.4) is 0 Å². The number of hydrogen-bond donors (Lipinski definition) is 1. The number of nitrogens with zero attached hydrogens (tertiary/aromatic N) is 2. The van der Waals surface area contributed by atoms with Crippen molar-refractivity contribution < 1.29 is 18.0 Å². The molecule has 42 heavy (non-hydrogen) atoms. The number of anilines is 1. The van der Waals surface area contributed by atoms with E-state index in [1.54, 1.807) is 30.0 Å². The highest BCUT2D eigenvalue weighted by molar-refractivity contribution is 7.92. The number of hydrogen-bond acceptors (Lipinski definition) is 4. The lowest BCUT2D eigenvalue weighted by Crippen LogP contribution is -2.54. The minimum atomic E-state index is -3.63. The third-order valence-corrected chi connectivity index (χ3v) is 8.62. The van der Waals surface area contributed by atoms with E-state index in [0.29, 0.717) is 22.7 Å². The first-order valence-electron chi connectivity index (χ1n) is 14.1. The van der Waals surface area contributed by atoms with Gasteiger partial charge in [-0.3, -0.25) is 13.9 Å². The van der Waals surface area contributed by atoms with Crippen LogP contribution in [0.1, 0.15) is 55.9 Å². The Hall–Kier alpha value is -3.36. The maximum Gasteiger partial charge on any atom is 0.243 e. The summed E-state index contributed by atoms with van der Waals surface area (Å²) in [4.78, 5) is 29.4. The Bertz CT molecular complexity index is 1490. The second-order valence-corrected chi connectivity index (χ2v) is 14.0. The lowest BCUT2D eigenvalue weighted by molar-refractivity contribution is -0.142. The molecule has 0 aromatic heterocycles. The minimum absolute atomic E-state index is 0.0611. The molecule has 3 aromatic rings. The van der Waals surface area contributed by atoms with Gasteiger partial charge in [-0.25, -0.2) is 8.42 Å². The molecular weight excluding hydrogens is 570 g/mol. The first-order chi connectivity index (χ1) is 19.7. The van der Waals surface area contributed by atoms with Gasteiger partial charge in [0.05, 0.1) is 11.9 Å². The van der Waals surface area contributed by atoms with Crippen LogP contribution in [0.25, 0.3) is 0 Å². The normalized spacial score (nSPS) is 12.5. The van der Waals surface area contributed by atoms with Crippen LogP contribution in [-0.2, 0) is 32.6 Å². The fraction of sp³-hybridized carbons (Fsp3) is 0.394. The van der Waals surface area contributed by atoms with Gasteiger partial charge in [-0.1, -0.05) is 72.3 Å². The summed E-state index contributed by atoms with van der Waals surface area (Å²) < 4.78 is 26.8. The third kappa shape index (κ3) is 9.33. The molecule has 3 rings (SSSR count). The van der Waals surface area contributed by atoms with Crippen LogP contribution in [0.15, 0.2) is 72.8 Å². The first-order valence-corrected chi connectivity index (χ1v) is 16.3. The average Bonchev–Trinajstić information content (AvgIpc) is 2.90. The standard InChI is InChI=1S/C33H42ClN3O4S/c1-24-14-10-11-17-27(24)23-36(30(32(39)35-33(3,4)5)22-26-15-8-7-9-16-26)31(38)20-13-21-37(42(6,40)41)29-19-12-18-28(34)25(29)2/h7-12,14-19,30H,13,20-23H2,1-6H3,(H,35,39). The minimum Gasteiger partial charge on any atom is -0.350 e. The molecule has 0 aliphatic carbocycles. The molecule has 226 valence electrons. The van der Waals surface area contributed by atoms with Crippen LogP contribution in [0, 0.1) is 13.8 Å². The molecule has 0 aliphatic heterocycles. The Kier molecular flexibility index (Phi) is 11.2. The van der Waals surface area contributed by atoms with Crippen LogP contribution in [0.2, 0.25) is 5.02 Å². The van der Waals surface area contributed by atoms with E-state index in [1.807, 2.05) is 82.3 Å². The van der Waals surface area contributed by atoms with Crippen molar-refractivity contribution in [1.29, 1.82) is 0 Å². The van der Waals surface area contributed by atoms with E-state index < -0.39 is 21.6 Å². The molecule has 1 N–H and O–H groups in total. The zero-order chi connectivity index (χ0) is 31.1. The highest BCUT2D eigenvalue weighted by atomic mass is 35.5. The van der Waals surface area contributed by atoms with Crippen molar-refractivity contribution in [3.8, 4) is 0 Å². The van der Waals surface area contributed by atoms with E-state index in [-0.39, 0.29) is 37.7 Å². The fourth-order valence-electron chi connectivity index (χ4n) is 4.83. The molecule has 0 fully saturated rings. The topological polar surface area (TPSA) is 86.8 Å². The van der Waals surface area contributed by atoms with E-state index >= 15 is 0 Å². The first kappa shape index (κ1) is 33.1. The van der Waals surface area contributed by atoms with Crippen molar-refractivity contribution in [1.82, 2.24) is 10.2 Å². The second-order valence-electron chi connectivity index (χ2n) is 11.7. The molecule has 1 unspecified atom stereocenters. The van der Waals surface area contributed by atoms with Crippen molar-refractivity contribution in [2.75, 3.05) is 17.1 Å². The largest absolute Gasteiger partial charge is 0.350 e. The van der Waals surface area contributed by atoms with Gasteiger partial charge >= 0.3 is 0 Å². The summed E-state index contributed by atoms with van der Waals surface area (Å²) >= 11 is 6.28. The molecule has 0 bridgehead atoms. The fourth-order valence-corrected chi connectivity index (χ4v) is 6.01. The van der Waals surface area contributed by atoms with E-state index in [1.165, 1.54) is 4.31 Å². The number of halogens is 1. The van der Waals surface area contributed by atoms with E-state index in [4.69, 9.17) is 11.6 Å². The third-order valence-electron chi connectivity index (χ3n) is 7.03. The summed E-state index contributed by atoms with van der Waals surface area (Å²) in [6.07, 6.45) is 1.82. The molecule has 9 heteroatoms. The summed E-state index contributed by atoms with van der Waals surface area (Å²) in [5.41, 5.74) is 3.55. The van der Waals surface area contributed by atoms with Crippen LogP contribution in [-0.4, -0.2) is 49.5 Å². The Morgan fingerprint density at radius 3 is 2.19 bits per heavy atom. The molecule has 0 spiro atoms. The van der Waals surface area contributed by atoms with E-state index in [2.05, 4.69) is 5.32 Å². The predicted molar refractivity (Wildman–Crippen MR) is 171 cm³/mol. The Labute approximate surface area is 255 Å². The van der Waals surface area contributed by atoms with Gasteiger partial charge in [0.15, 0.2) is 0 Å². The number of carbonyl (C=O) groups is 2. The molecule has 7 nitrogen and oxygen atoms in total. The van der Waals surface area contributed by atoms with Gasteiger partial charge in [-0.2, -0.15) is 0 Å². The van der Waals surface area contributed by atoms with E-state index in [0.717, 1.165) is 22.9 Å². The van der Waals surface area contributed by atoms with Crippen molar-refractivity contribution in [2.24, 2.45) is 0 Å².